The normalized spacial score (nSPS) is 13.7. The lowest BCUT2D eigenvalue weighted by atomic mass is 10.1. The summed E-state index contributed by atoms with van der Waals surface area (Å²) in [6, 6.07) is 0. The smallest absolute Gasteiger partial charge is 0.462 e. The Kier molecular flexibility index (Phi) is 24.6. The maximum atomic E-state index is 12.3. The molecule has 0 heterocycles. The first-order valence-electron chi connectivity index (χ1n) is 14.6. The topological polar surface area (TPSA) is 136 Å². The Bertz CT molecular complexity index is 605. The van der Waals surface area contributed by atoms with E-state index in [0.717, 1.165) is 38.5 Å². The summed E-state index contributed by atoms with van der Waals surface area (Å²) in [7, 11) is -4.30. The maximum absolute atomic E-state index is 12.3. The fourth-order valence-electron chi connectivity index (χ4n) is 3.82. The van der Waals surface area contributed by atoms with E-state index in [4.69, 9.17) is 18.5 Å². The highest BCUT2D eigenvalue weighted by Gasteiger charge is 2.26. The number of hydrogen-bond acceptors (Lipinski definition) is 7. The molecule has 0 bridgehead atoms. The van der Waals surface area contributed by atoms with Crippen LogP contribution >= 0.6 is 7.82 Å². The summed E-state index contributed by atoms with van der Waals surface area (Å²) in [5.41, 5.74) is 3.54. The van der Waals surface area contributed by atoms with Crippen molar-refractivity contribution in [1.29, 1.82) is 0 Å². The molecule has 0 saturated heterocycles. The van der Waals surface area contributed by atoms with E-state index in [0.29, 0.717) is 19.4 Å². The number of phosphoric acid groups is 1. The van der Waals surface area contributed by atoms with Crippen LogP contribution in [0.1, 0.15) is 129 Å². The van der Waals surface area contributed by atoms with Gasteiger partial charge in [-0.2, -0.15) is 0 Å². The van der Waals surface area contributed by atoms with E-state index in [1.807, 2.05) is 0 Å². The van der Waals surface area contributed by atoms with Crippen molar-refractivity contribution in [2.75, 3.05) is 26.4 Å². The number of carbonyl (C=O) groups excluding carboxylic acids is 2. The van der Waals surface area contributed by atoms with Crippen LogP contribution in [0.25, 0.3) is 0 Å². The number of rotatable bonds is 27. The van der Waals surface area contributed by atoms with Gasteiger partial charge in [-0.05, 0) is 12.8 Å². The van der Waals surface area contributed by atoms with Gasteiger partial charge < -0.3 is 20.1 Å². The molecule has 4 N–H and O–H groups in total. The summed E-state index contributed by atoms with van der Waals surface area (Å²) >= 11 is 0. The number of hydrogen-bond donors (Lipinski definition) is 2. The lowest BCUT2D eigenvalue weighted by Crippen LogP contribution is -2.52. The van der Waals surface area contributed by atoms with E-state index < -0.39 is 26.5 Å². The largest absolute Gasteiger partial charge is 0.472 e. The molecule has 0 amide bonds. The van der Waals surface area contributed by atoms with Gasteiger partial charge in [0.2, 0.25) is 0 Å². The van der Waals surface area contributed by atoms with E-state index in [1.165, 1.54) is 57.8 Å². The summed E-state index contributed by atoms with van der Waals surface area (Å²) in [6.07, 6.45) is 17.4. The molecule has 0 aliphatic heterocycles. The lowest BCUT2D eigenvalue weighted by molar-refractivity contribution is -0.371. The molecular formula is C27H55NO8P+. The van der Waals surface area contributed by atoms with Gasteiger partial charge in [0.05, 0.1) is 13.2 Å². The van der Waals surface area contributed by atoms with Crippen molar-refractivity contribution in [3.63, 3.8) is 0 Å². The molecule has 0 radical (unpaired) electrons. The van der Waals surface area contributed by atoms with Crippen LogP contribution in [0.2, 0.25) is 0 Å². The third kappa shape index (κ3) is 25.1. The summed E-state index contributed by atoms with van der Waals surface area (Å²) in [4.78, 5) is 34.2. The molecule has 0 aromatic carbocycles. The Hall–Kier alpha value is -0.990. The third-order valence-electron chi connectivity index (χ3n) is 6.02. The molecule has 9 nitrogen and oxygen atoms in total. The van der Waals surface area contributed by atoms with Gasteiger partial charge in [0.1, 0.15) is 13.2 Å². The van der Waals surface area contributed by atoms with E-state index >= 15 is 0 Å². The van der Waals surface area contributed by atoms with Crippen molar-refractivity contribution < 1.29 is 43.3 Å². The first-order valence-corrected chi connectivity index (χ1v) is 16.1. The maximum Gasteiger partial charge on any atom is 0.472 e. The molecule has 1 unspecified atom stereocenters. The molecule has 0 rings (SSSR count). The fraction of sp³-hybridized carbons (Fsp3) is 0.926. The summed E-state index contributed by atoms with van der Waals surface area (Å²) < 4.78 is 32.4. The molecule has 0 fully saturated rings. The zero-order valence-corrected chi connectivity index (χ0v) is 24.5. The Morgan fingerprint density at radius 1 is 0.703 bits per heavy atom. The fourth-order valence-corrected chi connectivity index (χ4v) is 4.61. The zero-order chi connectivity index (χ0) is 27.6. The molecule has 0 aliphatic carbocycles. The van der Waals surface area contributed by atoms with Gasteiger partial charge in [-0.3, -0.25) is 18.6 Å². The minimum Gasteiger partial charge on any atom is -0.462 e. The molecule has 37 heavy (non-hydrogen) atoms. The monoisotopic (exact) mass is 552 g/mol. The Morgan fingerprint density at radius 2 is 1.16 bits per heavy atom. The van der Waals surface area contributed by atoms with Crippen LogP contribution in [0, 0.1) is 0 Å². The first-order chi connectivity index (χ1) is 17.8. The van der Waals surface area contributed by atoms with Gasteiger partial charge in [0.25, 0.3) is 0 Å². The van der Waals surface area contributed by atoms with Crippen molar-refractivity contribution in [3.8, 4) is 0 Å². The highest BCUT2D eigenvalue weighted by atomic mass is 31.2. The second-order valence-electron chi connectivity index (χ2n) is 9.70. The molecule has 0 spiro atoms. The SMILES string of the molecule is CCCCCCCCCCCC(=O)OC[C@H](COP(=O)(O)OCC[NH3+])OC(=O)CCCCCCCCC. The predicted molar refractivity (Wildman–Crippen MR) is 145 cm³/mol. The van der Waals surface area contributed by atoms with Crippen molar-refractivity contribution in [3.05, 3.63) is 0 Å². The van der Waals surface area contributed by atoms with Crippen LogP contribution in [0.3, 0.4) is 0 Å². The summed E-state index contributed by atoms with van der Waals surface area (Å²) in [5.74, 6) is -0.819. The molecule has 220 valence electrons. The van der Waals surface area contributed by atoms with Crippen molar-refractivity contribution in [2.45, 2.75) is 136 Å². The number of ether oxygens (including phenoxy) is 2. The van der Waals surface area contributed by atoms with Crippen molar-refractivity contribution in [2.24, 2.45) is 0 Å². The number of phosphoric ester groups is 1. The second kappa shape index (κ2) is 25.3. The third-order valence-corrected chi connectivity index (χ3v) is 7.00. The quantitative estimate of drug-likeness (QED) is 0.0733. The van der Waals surface area contributed by atoms with Gasteiger partial charge in [0, 0.05) is 12.8 Å². The molecule has 2 atom stereocenters. The van der Waals surface area contributed by atoms with Crippen molar-refractivity contribution in [1.82, 2.24) is 0 Å². The second-order valence-corrected chi connectivity index (χ2v) is 11.1. The number of unbranched alkanes of at least 4 members (excludes halogenated alkanes) is 14. The summed E-state index contributed by atoms with van der Waals surface area (Å²) in [6.45, 7) is 4.02. The molecule has 0 saturated carbocycles. The van der Waals surface area contributed by atoms with Gasteiger partial charge in [-0.15, -0.1) is 0 Å². The summed E-state index contributed by atoms with van der Waals surface area (Å²) in [5, 5.41) is 0. The lowest BCUT2D eigenvalue weighted by Gasteiger charge is -2.19. The molecule has 10 heteroatoms. The van der Waals surface area contributed by atoms with Gasteiger partial charge in [0.15, 0.2) is 6.10 Å². The molecular weight excluding hydrogens is 497 g/mol. The average molecular weight is 553 g/mol. The van der Waals surface area contributed by atoms with E-state index in [1.54, 1.807) is 0 Å². The van der Waals surface area contributed by atoms with E-state index in [2.05, 4.69) is 19.6 Å². The number of quaternary nitrogens is 1. The van der Waals surface area contributed by atoms with E-state index in [-0.39, 0.29) is 25.6 Å². The predicted octanol–water partition coefficient (Wildman–Crippen LogP) is 5.88. The highest BCUT2D eigenvalue weighted by molar-refractivity contribution is 7.47. The number of esters is 2. The van der Waals surface area contributed by atoms with Crippen molar-refractivity contribution >= 4 is 19.8 Å². The molecule has 0 aliphatic rings. The minimum atomic E-state index is -4.30. The molecule has 0 aromatic heterocycles. The Morgan fingerprint density at radius 3 is 1.65 bits per heavy atom. The minimum absolute atomic E-state index is 0.0375. The van der Waals surface area contributed by atoms with Crippen LogP contribution in [0.15, 0.2) is 0 Å². The Labute approximate surface area is 225 Å². The number of carbonyl (C=O) groups is 2. The van der Waals surface area contributed by atoms with Gasteiger partial charge >= 0.3 is 19.8 Å². The van der Waals surface area contributed by atoms with E-state index in [9.17, 15) is 19.0 Å². The highest BCUT2D eigenvalue weighted by Crippen LogP contribution is 2.43. The van der Waals surface area contributed by atoms with Crippen LogP contribution < -0.4 is 5.73 Å². The van der Waals surface area contributed by atoms with Crippen LogP contribution in [-0.2, 0) is 32.7 Å². The van der Waals surface area contributed by atoms with Crippen LogP contribution in [0.5, 0.6) is 0 Å². The van der Waals surface area contributed by atoms with Crippen LogP contribution in [-0.4, -0.2) is 49.3 Å². The molecule has 0 aromatic rings. The first kappa shape index (κ1) is 36.0. The Balaban J connectivity index is 4.35. The standard InChI is InChI=1S/C27H54NO8P/c1-3-5-7-9-11-12-14-15-17-19-26(29)33-23-25(24-35-37(31,32)34-22-21-28)36-27(30)20-18-16-13-10-8-6-4-2/h25H,3-24,28H2,1-2H3,(H,31,32)/p+1/t25-/m1/s1. The van der Waals surface area contributed by atoms with Gasteiger partial charge in [-0.25, -0.2) is 4.57 Å². The van der Waals surface area contributed by atoms with Crippen LogP contribution in [0.4, 0.5) is 0 Å². The average Bonchev–Trinajstić information content (AvgIpc) is 2.87. The zero-order valence-electron chi connectivity index (χ0n) is 23.6. The van der Waals surface area contributed by atoms with Gasteiger partial charge in [-0.1, -0.05) is 104 Å².